The Bertz CT molecular complexity index is 793. The van der Waals surface area contributed by atoms with Gasteiger partial charge in [0.25, 0.3) is 11.8 Å². The second kappa shape index (κ2) is 6.61. The average Bonchev–Trinajstić information content (AvgIpc) is 3.25. The van der Waals surface area contributed by atoms with Crippen molar-refractivity contribution >= 4 is 11.8 Å². The Hall–Kier alpha value is -3.35. The molecule has 23 heavy (non-hydrogen) atoms. The van der Waals surface area contributed by atoms with Crippen LogP contribution in [0.3, 0.4) is 0 Å². The lowest BCUT2D eigenvalue weighted by molar-refractivity contribution is 0.0844. The minimum atomic E-state index is -0.427. The molecule has 2 heterocycles. The topological polar surface area (TPSA) is 91.8 Å². The predicted octanol–water partition coefficient (Wildman–Crippen LogP) is 1.33. The largest absolute Gasteiger partial charge is 0.357 e. The molecule has 0 saturated carbocycles. The van der Waals surface area contributed by atoms with E-state index in [-0.39, 0.29) is 0 Å². The third-order valence-electron chi connectivity index (χ3n) is 3.21. The first-order valence-corrected chi connectivity index (χ1v) is 7.03. The van der Waals surface area contributed by atoms with E-state index in [1.165, 1.54) is 6.20 Å². The normalized spacial score (nSPS) is 10.3. The van der Waals surface area contributed by atoms with Crippen molar-refractivity contribution in [3.05, 3.63) is 77.9 Å². The van der Waals surface area contributed by atoms with Crippen LogP contribution in [0.25, 0.3) is 0 Å². The molecule has 7 heteroatoms. The second-order valence-corrected chi connectivity index (χ2v) is 4.90. The second-order valence-electron chi connectivity index (χ2n) is 4.90. The maximum absolute atomic E-state index is 12.0. The molecule has 2 amide bonds. The smallest absolute Gasteiger partial charge is 0.286 e. The molecule has 0 aliphatic carbocycles. The van der Waals surface area contributed by atoms with Gasteiger partial charge in [-0.2, -0.15) is 5.10 Å². The summed E-state index contributed by atoms with van der Waals surface area (Å²) in [5, 5.41) is 4.15. The van der Waals surface area contributed by atoms with Gasteiger partial charge in [-0.1, -0.05) is 30.3 Å². The van der Waals surface area contributed by atoms with Crippen LogP contribution in [0.2, 0.25) is 0 Å². The molecule has 3 aromatic rings. The molecule has 0 saturated heterocycles. The SMILES string of the molecule is O=C(NNC(=O)c1ccc[nH]1)c1cnn(Cc2ccccc2)c1. The van der Waals surface area contributed by atoms with Gasteiger partial charge >= 0.3 is 0 Å². The van der Waals surface area contributed by atoms with Gasteiger partial charge in [0, 0.05) is 12.4 Å². The molecule has 116 valence electrons. The fourth-order valence-corrected chi connectivity index (χ4v) is 2.06. The van der Waals surface area contributed by atoms with Gasteiger partial charge in [0.2, 0.25) is 0 Å². The van der Waals surface area contributed by atoms with E-state index in [0.717, 1.165) is 5.56 Å². The number of nitrogens with one attached hydrogen (secondary N) is 3. The number of amides is 2. The molecular formula is C16H15N5O2. The first-order chi connectivity index (χ1) is 11.2. The third kappa shape index (κ3) is 3.65. The number of H-pyrrole nitrogens is 1. The van der Waals surface area contributed by atoms with Crippen LogP contribution in [0.15, 0.2) is 61.1 Å². The summed E-state index contributed by atoms with van der Waals surface area (Å²) in [5.41, 5.74) is 6.51. The number of nitrogens with zero attached hydrogens (tertiary/aromatic N) is 2. The highest BCUT2D eigenvalue weighted by atomic mass is 16.2. The van der Waals surface area contributed by atoms with E-state index >= 15 is 0 Å². The summed E-state index contributed by atoms with van der Waals surface area (Å²) in [4.78, 5) is 26.5. The number of carbonyl (C=O) groups is 2. The van der Waals surface area contributed by atoms with Crippen molar-refractivity contribution in [2.45, 2.75) is 6.54 Å². The molecule has 0 aliphatic rings. The van der Waals surface area contributed by atoms with E-state index in [1.54, 1.807) is 29.2 Å². The number of carbonyl (C=O) groups excluding carboxylic acids is 2. The van der Waals surface area contributed by atoms with Crippen molar-refractivity contribution < 1.29 is 9.59 Å². The number of hydrogen-bond donors (Lipinski definition) is 3. The van der Waals surface area contributed by atoms with E-state index in [2.05, 4.69) is 20.9 Å². The third-order valence-corrected chi connectivity index (χ3v) is 3.21. The molecule has 0 fully saturated rings. The molecule has 2 aromatic heterocycles. The molecule has 1 aromatic carbocycles. The van der Waals surface area contributed by atoms with Crippen molar-refractivity contribution in [3.63, 3.8) is 0 Å². The number of hydrogen-bond acceptors (Lipinski definition) is 3. The van der Waals surface area contributed by atoms with Crippen LogP contribution in [0.1, 0.15) is 26.4 Å². The van der Waals surface area contributed by atoms with E-state index in [1.807, 2.05) is 30.3 Å². The van der Waals surface area contributed by atoms with Crippen molar-refractivity contribution in [1.82, 2.24) is 25.6 Å². The van der Waals surface area contributed by atoms with Crippen LogP contribution in [0, 0.1) is 0 Å². The fraction of sp³-hybridized carbons (Fsp3) is 0.0625. The lowest BCUT2D eigenvalue weighted by Gasteiger charge is -2.04. The van der Waals surface area contributed by atoms with Gasteiger partial charge in [0.15, 0.2) is 0 Å². The predicted molar refractivity (Wildman–Crippen MR) is 83.5 cm³/mol. The highest BCUT2D eigenvalue weighted by Crippen LogP contribution is 2.04. The fourth-order valence-electron chi connectivity index (χ4n) is 2.06. The van der Waals surface area contributed by atoms with Gasteiger partial charge < -0.3 is 4.98 Å². The highest BCUT2D eigenvalue weighted by molar-refractivity contribution is 5.97. The zero-order valence-electron chi connectivity index (χ0n) is 12.2. The van der Waals surface area contributed by atoms with E-state index in [0.29, 0.717) is 17.8 Å². The standard InChI is InChI=1S/C16H15N5O2/c22-15(19-20-16(23)14-7-4-8-17-14)13-9-18-21(11-13)10-12-5-2-1-3-6-12/h1-9,11,17H,10H2,(H,19,22)(H,20,23). The van der Waals surface area contributed by atoms with Crippen LogP contribution >= 0.6 is 0 Å². The maximum Gasteiger partial charge on any atom is 0.286 e. The Morgan fingerprint density at radius 3 is 2.57 bits per heavy atom. The van der Waals surface area contributed by atoms with Crippen molar-refractivity contribution in [3.8, 4) is 0 Å². The van der Waals surface area contributed by atoms with Crippen molar-refractivity contribution in [1.29, 1.82) is 0 Å². The summed E-state index contributed by atoms with van der Waals surface area (Å²) >= 11 is 0. The summed E-state index contributed by atoms with van der Waals surface area (Å²) in [6.07, 6.45) is 4.71. The number of aromatic amines is 1. The lowest BCUT2D eigenvalue weighted by Crippen LogP contribution is -2.41. The summed E-state index contributed by atoms with van der Waals surface area (Å²) in [7, 11) is 0. The quantitative estimate of drug-likeness (QED) is 0.635. The molecule has 0 bridgehead atoms. The first-order valence-electron chi connectivity index (χ1n) is 7.03. The minimum absolute atomic E-state index is 0.366. The lowest BCUT2D eigenvalue weighted by atomic mass is 10.2. The molecule has 0 spiro atoms. The molecule has 0 aliphatic heterocycles. The summed E-state index contributed by atoms with van der Waals surface area (Å²) in [6.45, 7) is 0.572. The zero-order valence-corrected chi connectivity index (χ0v) is 12.2. The zero-order chi connectivity index (χ0) is 16.1. The van der Waals surface area contributed by atoms with Gasteiger partial charge in [-0.15, -0.1) is 0 Å². The summed E-state index contributed by atoms with van der Waals surface area (Å²) < 4.78 is 1.66. The Balaban J connectivity index is 1.57. The summed E-state index contributed by atoms with van der Waals surface area (Å²) in [5.74, 6) is -0.843. The van der Waals surface area contributed by atoms with Gasteiger partial charge in [0.1, 0.15) is 5.69 Å². The first kappa shape index (κ1) is 14.6. The number of aromatic nitrogens is 3. The van der Waals surface area contributed by atoms with Gasteiger partial charge in [-0.3, -0.25) is 25.1 Å². The van der Waals surface area contributed by atoms with Crippen LogP contribution < -0.4 is 10.9 Å². The van der Waals surface area contributed by atoms with Crippen LogP contribution in [-0.4, -0.2) is 26.6 Å². The van der Waals surface area contributed by atoms with E-state index in [4.69, 9.17) is 0 Å². The monoisotopic (exact) mass is 309 g/mol. The Morgan fingerprint density at radius 2 is 1.83 bits per heavy atom. The Kier molecular flexibility index (Phi) is 4.19. The average molecular weight is 309 g/mol. The Morgan fingerprint density at radius 1 is 1.04 bits per heavy atom. The number of hydrazine groups is 1. The van der Waals surface area contributed by atoms with Gasteiger partial charge in [0.05, 0.1) is 18.3 Å². The van der Waals surface area contributed by atoms with E-state index in [9.17, 15) is 9.59 Å². The highest BCUT2D eigenvalue weighted by Gasteiger charge is 2.11. The molecule has 3 rings (SSSR count). The Labute approximate surface area is 132 Å². The van der Waals surface area contributed by atoms with Gasteiger partial charge in [-0.25, -0.2) is 0 Å². The number of benzene rings is 1. The maximum atomic E-state index is 12.0. The minimum Gasteiger partial charge on any atom is -0.357 e. The molecule has 0 radical (unpaired) electrons. The van der Waals surface area contributed by atoms with E-state index < -0.39 is 11.8 Å². The van der Waals surface area contributed by atoms with Crippen LogP contribution in [0.4, 0.5) is 0 Å². The molecule has 0 unspecified atom stereocenters. The van der Waals surface area contributed by atoms with Crippen LogP contribution in [-0.2, 0) is 6.54 Å². The van der Waals surface area contributed by atoms with Gasteiger partial charge in [-0.05, 0) is 17.7 Å². The summed E-state index contributed by atoms with van der Waals surface area (Å²) in [6, 6.07) is 13.1. The molecule has 7 nitrogen and oxygen atoms in total. The number of rotatable bonds is 4. The molecular weight excluding hydrogens is 294 g/mol. The molecule has 0 atom stereocenters. The van der Waals surface area contributed by atoms with Crippen molar-refractivity contribution in [2.24, 2.45) is 0 Å². The van der Waals surface area contributed by atoms with Crippen molar-refractivity contribution in [2.75, 3.05) is 0 Å². The van der Waals surface area contributed by atoms with Crippen LogP contribution in [0.5, 0.6) is 0 Å². The molecule has 3 N–H and O–H groups in total.